The number of para-hydroxylation sites is 1. The zero-order chi connectivity index (χ0) is 20.5. The Hall–Kier alpha value is -2.87. The van der Waals surface area contributed by atoms with Crippen LogP contribution in [-0.2, 0) is 6.54 Å². The third-order valence-corrected chi connectivity index (χ3v) is 6.01. The standard InChI is InChI=1S/C20H14Cl2N4O2S/c21-13-7-6-11(8-14(13)22)10-26-15-9-16(29-19(15)25-17(23)20(26)28)18(27)24-12-4-2-1-3-5-12/h1-9H,10H2,(H2,23,25)(H,24,27). The van der Waals surface area contributed by atoms with E-state index in [9.17, 15) is 9.59 Å². The summed E-state index contributed by atoms with van der Waals surface area (Å²) in [6.07, 6.45) is 0. The van der Waals surface area contributed by atoms with Crippen molar-refractivity contribution in [3.05, 3.63) is 85.4 Å². The molecule has 0 saturated carbocycles. The Morgan fingerprint density at radius 3 is 2.59 bits per heavy atom. The van der Waals surface area contributed by atoms with Crippen molar-refractivity contribution in [1.29, 1.82) is 0 Å². The van der Waals surface area contributed by atoms with Crippen LogP contribution in [0.4, 0.5) is 11.5 Å². The van der Waals surface area contributed by atoms with Crippen molar-refractivity contribution in [2.24, 2.45) is 0 Å². The van der Waals surface area contributed by atoms with Crippen molar-refractivity contribution in [2.45, 2.75) is 6.54 Å². The summed E-state index contributed by atoms with van der Waals surface area (Å²) in [7, 11) is 0. The summed E-state index contributed by atoms with van der Waals surface area (Å²) in [5.74, 6) is -0.416. The summed E-state index contributed by atoms with van der Waals surface area (Å²) in [4.78, 5) is 30.3. The molecular weight excluding hydrogens is 431 g/mol. The average molecular weight is 445 g/mol. The fourth-order valence-corrected chi connectivity index (χ4v) is 4.11. The summed E-state index contributed by atoms with van der Waals surface area (Å²) in [6, 6.07) is 15.9. The van der Waals surface area contributed by atoms with Crippen molar-refractivity contribution in [1.82, 2.24) is 9.55 Å². The smallest absolute Gasteiger partial charge is 0.293 e. The van der Waals surface area contributed by atoms with Crippen molar-refractivity contribution in [2.75, 3.05) is 11.1 Å². The Kier molecular flexibility index (Phi) is 5.27. The van der Waals surface area contributed by atoms with Gasteiger partial charge in [-0.2, -0.15) is 0 Å². The molecule has 2 aromatic heterocycles. The lowest BCUT2D eigenvalue weighted by Gasteiger charge is -2.09. The molecule has 146 valence electrons. The van der Waals surface area contributed by atoms with Crippen LogP contribution < -0.4 is 16.6 Å². The van der Waals surface area contributed by atoms with Crippen molar-refractivity contribution in [3.8, 4) is 0 Å². The van der Waals surface area contributed by atoms with Gasteiger partial charge in [0.25, 0.3) is 11.5 Å². The summed E-state index contributed by atoms with van der Waals surface area (Å²) < 4.78 is 1.48. The second kappa shape index (κ2) is 7.87. The van der Waals surface area contributed by atoms with E-state index in [0.29, 0.717) is 31.0 Å². The molecule has 0 fully saturated rings. The van der Waals surface area contributed by atoms with Gasteiger partial charge in [0, 0.05) is 5.69 Å². The lowest BCUT2D eigenvalue weighted by Crippen LogP contribution is -2.24. The minimum atomic E-state index is -0.434. The lowest BCUT2D eigenvalue weighted by molar-refractivity contribution is 0.103. The van der Waals surface area contributed by atoms with E-state index in [1.165, 1.54) is 15.9 Å². The Morgan fingerprint density at radius 2 is 1.86 bits per heavy atom. The molecule has 0 radical (unpaired) electrons. The average Bonchev–Trinajstić information content (AvgIpc) is 3.13. The first-order valence-corrected chi connectivity index (χ1v) is 10.1. The van der Waals surface area contributed by atoms with Gasteiger partial charge in [0.2, 0.25) is 0 Å². The van der Waals surface area contributed by atoms with E-state index in [2.05, 4.69) is 10.3 Å². The fourth-order valence-electron chi connectivity index (χ4n) is 2.85. The molecule has 0 unspecified atom stereocenters. The predicted molar refractivity (Wildman–Crippen MR) is 118 cm³/mol. The minimum Gasteiger partial charge on any atom is -0.379 e. The molecule has 2 heterocycles. The first kappa shape index (κ1) is 19.4. The Morgan fingerprint density at radius 1 is 1.10 bits per heavy atom. The van der Waals surface area contributed by atoms with Crippen LogP contribution in [-0.4, -0.2) is 15.5 Å². The van der Waals surface area contributed by atoms with E-state index in [-0.39, 0.29) is 18.3 Å². The topological polar surface area (TPSA) is 90.0 Å². The van der Waals surface area contributed by atoms with E-state index in [1.54, 1.807) is 36.4 Å². The van der Waals surface area contributed by atoms with Gasteiger partial charge < -0.3 is 11.1 Å². The van der Waals surface area contributed by atoms with E-state index in [4.69, 9.17) is 28.9 Å². The molecule has 0 aliphatic rings. The number of hydrogen-bond donors (Lipinski definition) is 2. The van der Waals surface area contributed by atoms with E-state index >= 15 is 0 Å². The number of halogens is 2. The molecule has 0 spiro atoms. The first-order valence-electron chi connectivity index (χ1n) is 8.52. The SMILES string of the molecule is Nc1nc2sc(C(=O)Nc3ccccc3)cc2n(Cc2ccc(Cl)c(Cl)c2)c1=O. The van der Waals surface area contributed by atoms with Crippen LogP contribution in [0, 0.1) is 0 Å². The highest BCUT2D eigenvalue weighted by Crippen LogP contribution is 2.27. The van der Waals surface area contributed by atoms with Crippen LogP contribution in [0.2, 0.25) is 10.0 Å². The van der Waals surface area contributed by atoms with E-state index in [1.807, 2.05) is 18.2 Å². The molecule has 2 aromatic carbocycles. The van der Waals surface area contributed by atoms with E-state index in [0.717, 1.165) is 5.56 Å². The molecule has 9 heteroatoms. The van der Waals surface area contributed by atoms with Gasteiger partial charge in [0.1, 0.15) is 4.83 Å². The maximum Gasteiger partial charge on any atom is 0.293 e. The molecule has 0 atom stereocenters. The number of hydrogen-bond acceptors (Lipinski definition) is 5. The maximum atomic E-state index is 12.6. The zero-order valence-electron chi connectivity index (χ0n) is 14.9. The van der Waals surface area contributed by atoms with Gasteiger partial charge in [0.15, 0.2) is 5.82 Å². The minimum absolute atomic E-state index is 0.130. The molecule has 3 N–H and O–H groups in total. The van der Waals surface area contributed by atoms with Crippen molar-refractivity contribution in [3.63, 3.8) is 0 Å². The van der Waals surface area contributed by atoms with Crippen LogP contribution in [0.3, 0.4) is 0 Å². The number of aromatic nitrogens is 2. The normalized spacial score (nSPS) is 11.0. The Balaban J connectivity index is 1.74. The molecule has 0 bridgehead atoms. The van der Waals surface area contributed by atoms with Crippen LogP contribution in [0.1, 0.15) is 15.2 Å². The van der Waals surface area contributed by atoms with Gasteiger partial charge in [-0.25, -0.2) is 4.98 Å². The van der Waals surface area contributed by atoms with Crippen LogP contribution in [0.25, 0.3) is 10.3 Å². The third-order valence-electron chi connectivity index (χ3n) is 4.25. The van der Waals surface area contributed by atoms with Gasteiger partial charge in [-0.1, -0.05) is 47.5 Å². The van der Waals surface area contributed by atoms with Crippen LogP contribution in [0.15, 0.2) is 59.4 Å². The zero-order valence-corrected chi connectivity index (χ0v) is 17.2. The number of benzene rings is 2. The number of nitrogen functional groups attached to an aromatic ring is 1. The van der Waals surface area contributed by atoms with Crippen molar-refractivity contribution < 1.29 is 4.79 Å². The van der Waals surface area contributed by atoms with Gasteiger partial charge in [-0.15, -0.1) is 11.3 Å². The van der Waals surface area contributed by atoms with Gasteiger partial charge in [0.05, 0.1) is 27.0 Å². The molecule has 1 amide bonds. The third kappa shape index (κ3) is 3.98. The largest absolute Gasteiger partial charge is 0.379 e. The quantitative estimate of drug-likeness (QED) is 0.479. The highest BCUT2D eigenvalue weighted by atomic mass is 35.5. The van der Waals surface area contributed by atoms with Crippen LogP contribution >= 0.6 is 34.5 Å². The maximum absolute atomic E-state index is 12.6. The van der Waals surface area contributed by atoms with E-state index < -0.39 is 5.56 Å². The highest BCUT2D eigenvalue weighted by molar-refractivity contribution is 7.20. The van der Waals surface area contributed by atoms with Gasteiger partial charge >= 0.3 is 0 Å². The number of amides is 1. The summed E-state index contributed by atoms with van der Waals surface area (Å²) in [5.41, 5.74) is 7.36. The molecule has 4 aromatic rings. The van der Waals surface area contributed by atoms with Gasteiger partial charge in [-0.05, 0) is 35.9 Å². The van der Waals surface area contributed by atoms with Crippen molar-refractivity contribution >= 4 is 62.3 Å². The molecule has 29 heavy (non-hydrogen) atoms. The number of carbonyl (C=O) groups is 1. The lowest BCUT2D eigenvalue weighted by atomic mass is 10.2. The second-order valence-electron chi connectivity index (χ2n) is 6.26. The number of fused-ring (bicyclic) bond motifs is 1. The number of thiophene rings is 1. The Bertz CT molecular complexity index is 1290. The fraction of sp³-hybridized carbons (Fsp3) is 0.0500. The number of anilines is 2. The molecular formula is C20H14Cl2N4O2S. The first-order chi connectivity index (χ1) is 13.9. The van der Waals surface area contributed by atoms with Gasteiger partial charge in [-0.3, -0.25) is 14.2 Å². The Labute approximate surface area is 179 Å². The molecule has 0 aliphatic carbocycles. The monoisotopic (exact) mass is 444 g/mol. The number of rotatable bonds is 4. The second-order valence-corrected chi connectivity index (χ2v) is 8.10. The number of nitrogens with two attached hydrogens (primary N) is 1. The molecule has 0 aliphatic heterocycles. The molecule has 4 rings (SSSR count). The molecule has 0 saturated heterocycles. The number of carbonyl (C=O) groups excluding carboxylic acids is 1. The predicted octanol–water partition coefficient (Wildman–Crippen LogP) is 4.65. The van der Waals surface area contributed by atoms with Crippen LogP contribution in [0.5, 0.6) is 0 Å². The number of nitrogens with zero attached hydrogens (tertiary/aromatic N) is 2. The number of nitrogens with one attached hydrogen (secondary N) is 1. The highest BCUT2D eigenvalue weighted by Gasteiger charge is 2.17. The summed E-state index contributed by atoms with van der Waals surface area (Å²) in [5, 5.41) is 3.64. The molecule has 6 nitrogen and oxygen atoms in total. The summed E-state index contributed by atoms with van der Waals surface area (Å²) in [6.45, 7) is 0.218. The summed E-state index contributed by atoms with van der Waals surface area (Å²) >= 11 is 13.2.